The van der Waals surface area contributed by atoms with Crippen molar-refractivity contribution >= 4 is 5.91 Å². The molecule has 1 aliphatic heterocycles. The highest BCUT2D eigenvalue weighted by atomic mass is 16.7. The predicted molar refractivity (Wildman–Crippen MR) is 313 cm³/mol. The number of unbranched alkanes of at least 4 members (excludes halogenated alkanes) is 39. The van der Waals surface area contributed by atoms with Crippen molar-refractivity contribution in [3.63, 3.8) is 0 Å². The van der Waals surface area contributed by atoms with Crippen LogP contribution in [0.5, 0.6) is 0 Å². The van der Waals surface area contributed by atoms with Crippen molar-refractivity contribution < 1.29 is 39.8 Å². The van der Waals surface area contributed by atoms with Gasteiger partial charge in [0.05, 0.1) is 25.4 Å². The van der Waals surface area contributed by atoms with Crippen LogP contribution in [0.3, 0.4) is 0 Å². The SMILES string of the molecule is CCCCCCCCCC/C=C\CCCCCCCCCCCCCCCCCCCC(=O)NC(COC1OC(CO)C(O)C(O)C1O)C(O)/C=C/CC/C=C/CC/C=C/CCCCCCCCCCCCCC. The van der Waals surface area contributed by atoms with Crippen LogP contribution < -0.4 is 5.32 Å². The normalized spacial score (nSPS) is 19.3. The summed E-state index contributed by atoms with van der Waals surface area (Å²) in [5.74, 6) is -0.186. The molecule has 1 aliphatic rings. The molecule has 1 amide bonds. The zero-order valence-electron chi connectivity index (χ0n) is 48.4. The first-order valence-electron chi connectivity index (χ1n) is 31.9. The van der Waals surface area contributed by atoms with Gasteiger partial charge in [0.15, 0.2) is 6.29 Å². The van der Waals surface area contributed by atoms with Crippen molar-refractivity contribution in [3.8, 4) is 0 Å². The Morgan fingerprint density at radius 2 is 0.770 bits per heavy atom. The van der Waals surface area contributed by atoms with Crippen LogP contribution in [0, 0.1) is 0 Å². The van der Waals surface area contributed by atoms with Crippen LogP contribution in [0.4, 0.5) is 0 Å². The fraction of sp³-hybridized carbons (Fsp3) is 0.862. The van der Waals surface area contributed by atoms with E-state index in [4.69, 9.17) is 9.47 Å². The Balaban J connectivity index is 2.19. The van der Waals surface area contributed by atoms with E-state index < -0.39 is 49.5 Å². The third kappa shape index (κ3) is 43.2. The summed E-state index contributed by atoms with van der Waals surface area (Å²) in [6, 6.07) is -0.829. The topological polar surface area (TPSA) is 149 Å². The molecule has 0 radical (unpaired) electrons. The number of aliphatic hydroxyl groups is 5. The Bertz CT molecular complexity index is 1300. The molecular weight excluding hydrogens is 923 g/mol. The molecule has 7 unspecified atom stereocenters. The second-order valence-corrected chi connectivity index (χ2v) is 22.2. The quantitative estimate of drug-likeness (QED) is 0.0261. The molecule has 0 aliphatic carbocycles. The van der Waals surface area contributed by atoms with Crippen molar-refractivity contribution in [2.45, 2.75) is 346 Å². The first-order valence-corrected chi connectivity index (χ1v) is 31.9. The van der Waals surface area contributed by atoms with Gasteiger partial charge in [-0.2, -0.15) is 0 Å². The summed E-state index contributed by atoms with van der Waals surface area (Å²) in [7, 11) is 0. The number of amides is 1. The van der Waals surface area contributed by atoms with E-state index in [1.165, 1.54) is 238 Å². The highest BCUT2D eigenvalue weighted by Crippen LogP contribution is 2.23. The van der Waals surface area contributed by atoms with Gasteiger partial charge in [-0.15, -0.1) is 0 Å². The van der Waals surface area contributed by atoms with Crippen LogP contribution in [0.25, 0.3) is 0 Å². The summed E-state index contributed by atoms with van der Waals surface area (Å²) in [6.07, 6.45) is 66.3. The van der Waals surface area contributed by atoms with Gasteiger partial charge in [0.25, 0.3) is 0 Å². The molecule has 0 aromatic heterocycles. The second-order valence-electron chi connectivity index (χ2n) is 22.2. The average Bonchev–Trinajstić information content (AvgIpc) is 3.40. The van der Waals surface area contributed by atoms with Gasteiger partial charge < -0.3 is 40.3 Å². The van der Waals surface area contributed by atoms with E-state index >= 15 is 0 Å². The fourth-order valence-corrected chi connectivity index (χ4v) is 10.1. The molecule has 9 nitrogen and oxygen atoms in total. The zero-order chi connectivity index (χ0) is 53.6. The summed E-state index contributed by atoms with van der Waals surface area (Å²) < 4.78 is 11.3. The Hall–Kier alpha value is -1.85. The maximum Gasteiger partial charge on any atom is 0.220 e. The van der Waals surface area contributed by atoms with Crippen molar-refractivity contribution in [2.24, 2.45) is 0 Å². The van der Waals surface area contributed by atoms with Crippen LogP contribution in [0.1, 0.15) is 303 Å². The number of carbonyl (C=O) groups excluding carboxylic acids is 1. The number of hydrogen-bond acceptors (Lipinski definition) is 8. The molecule has 9 heteroatoms. The number of aliphatic hydroxyl groups excluding tert-OH is 5. The van der Waals surface area contributed by atoms with Crippen molar-refractivity contribution in [2.75, 3.05) is 13.2 Å². The van der Waals surface area contributed by atoms with Crippen LogP contribution in [0.2, 0.25) is 0 Å². The summed E-state index contributed by atoms with van der Waals surface area (Å²) in [4.78, 5) is 13.1. The van der Waals surface area contributed by atoms with Gasteiger partial charge in [-0.25, -0.2) is 0 Å². The van der Waals surface area contributed by atoms with Crippen molar-refractivity contribution in [1.82, 2.24) is 5.32 Å². The van der Waals surface area contributed by atoms with Crippen LogP contribution in [-0.2, 0) is 14.3 Å². The van der Waals surface area contributed by atoms with E-state index in [9.17, 15) is 30.3 Å². The second kappa shape index (κ2) is 54.5. The van der Waals surface area contributed by atoms with Gasteiger partial charge in [0.1, 0.15) is 24.4 Å². The first kappa shape index (κ1) is 70.2. The third-order valence-corrected chi connectivity index (χ3v) is 15.1. The summed E-state index contributed by atoms with van der Waals surface area (Å²) in [5.41, 5.74) is 0. The highest BCUT2D eigenvalue weighted by Gasteiger charge is 2.44. The predicted octanol–water partition coefficient (Wildman–Crippen LogP) is 16.5. The van der Waals surface area contributed by atoms with Crippen molar-refractivity contribution in [1.29, 1.82) is 0 Å². The van der Waals surface area contributed by atoms with E-state index in [2.05, 4.69) is 55.6 Å². The largest absolute Gasteiger partial charge is 0.394 e. The Morgan fingerprint density at radius 3 is 1.14 bits per heavy atom. The standard InChI is InChI=1S/C65H121NO8/c1-3-5-7-9-11-13-15-17-19-21-23-25-27-28-29-30-31-32-33-35-37-39-41-43-45-47-49-51-53-55-61(69)66-58(57-73-65-64(72)63(71)62(70)60(56-67)74-65)59(68)54-52-50-48-46-44-42-40-38-36-34-26-24-22-20-18-16-14-12-10-8-6-4-2/h21,23,36,38,44,46,52,54,58-60,62-65,67-68,70-72H,3-20,22,24-35,37,39-43,45,47-51,53,55-57H2,1-2H3,(H,66,69)/b23-21-,38-36+,46-44+,54-52+. The maximum absolute atomic E-state index is 13.1. The molecule has 6 N–H and O–H groups in total. The number of ether oxygens (including phenoxy) is 2. The van der Waals surface area contributed by atoms with E-state index in [1.54, 1.807) is 6.08 Å². The Morgan fingerprint density at radius 1 is 0.446 bits per heavy atom. The zero-order valence-corrected chi connectivity index (χ0v) is 48.4. The maximum atomic E-state index is 13.1. The van der Waals surface area contributed by atoms with E-state index in [0.717, 1.165) is 44.9 Å². The molecule has 0 aromatic rings. The molecule has 0 saturated carbocycles. The molecule has 1 rings (SSSR count). The minimum absolute atomic E-state index is 0.186. The molecular formula is C65H121NO8. The van der Waals surface area contributed by atoms with Gasteiger partial charge in [-0.05, 0) is 70.6 Å². The molecule has 1 heterocycles. The molecule has 434 valence electrons. The van der Waals surface area contributed by atoms with Crippen molar-refractivity contribution in [3.05, 3.63) is 48.6 Å². The van der Waals surface area contributed by atoms with Gasteiger partial charge >= 0.3 is 0 Å². The molecule has 0 spiro atoms. The number of carbonyl (C=O) groups is 1. The molecule has 0 aromatic carbocycles. The average molecular weight is 1040 g/mol. The molecule has 1 fully saturated rings. The van der Waals surface area contributed by atoms with Crippen LogP contribution in [0.15, 0.2) is 48.6 Å². The molecule has 0 bridgehead atoms. The summed E-state index contributed by atoms with van der Waals surface area (Å²) in [6.45, 7) is 3.79. The summed E-state index contributed by atoms with van der Waals surface area (Å²) >= 11 is 0. The number of allylic oxidation sites excluding steroid dienone is 7. The Kier molecular flexibility index (Phi) is 51.7. The lowest BCUT2D eigenvalue weighted by Gasteiger charge is -2.40. The van der Waals surface area contributed by atoms with Crippen LogP contribution >= 0.6 is 0 Å². The van der Waals surface area contributed by atoms with Gasteiger partial charge in [-0.3, -0.25) is 4.79 Å². The van der Waals surface area contributed by atoms with Gasteiger partial charge in [-0.1, -0.05) is 274 Å². The van der Waals surface area contributed by atoms with E-state index in [1.807, 2.05) is 6.08 Å². The minimum Gasteiger partial charge on any atom is -0.394 e. The van der Waals surface area contributed by atoms with Gasteiger partial charge in [0.2, 0.25) is 5.91 Å². The van der Waals surface area contributed by atoms with E-state index in [-0.39, 0.29) is 12.5 Å². The molecule has 7 atom stereocenters. The molecule has 1 saturated heterocycles. The Labute approximate surface area is 456 Å². The minimum atomic E-state index is -1.58. The lowest BCUT2D eigenvalue weighted by molar-refractivity contribution is -0.302. The van der Waals surface area contributed by atoms with Gasteiger partial charge in [0, 0.05) is 6.42 Å². The third-order valence-electron chi connectivity index (χ3n) is 15.1. The smallest absolute Gasteiger partial charge is 0.220 e. The summed E-state index contributed by atoms with van der Waals surface area (Å²) in [5, 5.41) is 54.6. The van der Waals surface area contributed by atoms with Crippen LogP contribution in [-0.4, -0.2) is 87.5 Å². The number of nitrogens with one attached hydrogen (secondary N) is 1. The number of rotatable bonds is 55. The highest BCUT2D eigenvalue weighted by molar-refractivity contribution is 5.76. The monoisotopic (exact) mass is 1040 g/mol. The number of hydrogen-bond donors (Lipinski definition) is 6. The fourth-order valence-electron chi connectivity index (χ4n) is 10.1. The lowest BCUT2D eigenvalue weighted by atomic mass is 9.99. The first-order chi connectivity index (χ1) is 36.3. The lowest BCUT2D eigenvalue weighted by Crippen LogP contribution is -2.60. The van der Waals surface area contributed by atoms with E-state index in [0.29, 0.717) is 6.42 Å². The molecule has 74 heavy (non-hydrogen) atoms.